The van der Waals surface area contributed by atoms with Crippen molar-refractivity contribution in [2.75, 3.05) is 21.6 Å². The molecule has 9 nitrogen and oxygen atoms in total. The van der Waals surface area contributed by atoms with Crippen LogP contribution in [0.2, 0.25) is 0 Å². The third-order valence-corrected chi connectivity index (χ3v) is 7.63. The van der Waals surface area contributed by atoms with Gasteiger partial charge in [-0.3, -0.25) is 9.52 Å². The Kier molecular flexibility index (Phi) is 4.23. The fourth-order valence-electron chi connectivity index (χ4n) is 3.02. The van der Waals surface area contributed by atoms with Crippen molar-refractivity contribution in [1.29, 1.82) is 0 Å². The zero-order chi connectivity index (χ0) is 20.1. The van der Waals surface area contributed by atoms with Crippen molar-refractivity contribution in [3.8, 4) is 11.5 Å². The van der Waals surface area contributed by atoms with E-state index in [4.69, 9.17) is 9.47 Å². The topological polar surface area (TPSA) is 119 Å². The van der Waals surface area contributed by atoms with E-state index in [1.165, 1.54) is 43.3 Å². The molecule has 2 aliphatic heterocycles. The molecule has 0 saturated carbocycles. The lowest BCUT2D eigenvalue weighted by Gasteiger charge is -2.16. The summed E-state index contributed by atoms with van der Waals surface area (Å²) in [4.78, 5) is 12.1. The minimum atomic E-state index is -3.92. The van der Waals surface area contributed by atoms with E-state index in [2.05, 4.69) is 4.72 Å². The van der Waals surface area contributed by atoms with Crippen LogP contribution in [0, 0.1) is 5.92 Å². The van der Waals surface area contributed by atoms with E-state index in [0.29, 0.717) is 17.2 Å². The highest BCUT2D eigenvalue weighted by Gasteiger charge is 2.42. The minimum absolute atomic E-state index is 0.0732. The molecule has 2 aliphatic rings. The van der Waals surface area contributed by atoms with Gasteiger partial charge in [-0.25, -0.2) is 21.1 Å². The Hall–Kier alpha value is -2.79. The Bertz CT molecular complexity index is 1160. The highest BCUT2D eigenvalue weighted by Crippen LogP contribution is 2.35. The predicted molar refractivity (Wildman–Crippen MR) is 100 cm³/mol. The number of rotatable bonds is 4. The van der Waals surface area contributed by atoms with Crippen LogP contribution in [-0.4, -0.2) is 35.3 Å². The van der Waals surface area contributed by atoms with Gasteiger partial charge < -0.3 is 9.47 Å². The molecule has 0 aliphatic carbocycles. The lowest BCUT2D eigenvalue weighted by Crippen LogP contribution is -2.30. The predicted octanol–water partition coefficient (Wildman–Crippen LogP) is 1.53. The summed E-state index contributed by atoms with van der Waals surface area (Å²) in [5.74, 6) is -0.479. The van der Waals surface area contributed by atoms with Gasteiger partial charge in [0.2, 0.25) is 22.7 Å². The molecule has 148 valence electrons. The number of carbonyl (C=O) groups is 1. The van der Waals surface area contributed by atoms with Crippen LogP contribution in [0.3, 0.4) is 0 Å². The Balaban J connectivity index is 1.59. The average Bonchev–Trinajstić information content (AvgIpc) is 3.16. The monoisotopic (exact) mass is 424 g/mol. The molecule has 1 unspecified atom stereocenters. The Morgan fingerprint density at radius 3 is 2.39 bits per heavy atom. The molecule has 0 aromatic heterocycles. The largest absolute Gasteiger partial charge is 0.454 e. The summed E-state index contributed by atoms with van der Waals surface area (Å²) >= 11 is 0. The fraction of sp³-hybridized carbons (Fsp3) is 0.235. The molecule has 0 radical (unpaired) electrons. The molecule has 0 bridgehead atoms. The maximum Gasteiger partial charge on any atom is 0.261 e. The molecule has 0 spiro atoms. The van der Waals surface area contributed by atoms with Crippen molar-refractivity contribution in [2.45, 2.75) is 11.8 Å². The minimum Gasteiger partial charge on any atom is -0.454 e. The first-order chi connectivity index (χ1) is 13.2. The van der Waals surface area contributed by atoms with Gasteiger partial charge in [-0.05, 0) is 36.4 Å². The van der Waals surface area contributed by atoms with Gasteiger partial charge in [0.25, 0.3) is 10.0 Å². The van der Waals surface area contributed by atoms with E-state index in [0.717, 1.165) is 4.31 Å². The summed E-state index contributed by atoms with van der Waals surface area (Å²) in [7, 11) is -7.67. The van der Waals surface area contributed by atoms with E-state index < -0.39 is 31.9 Å². The smallest absolute Gasteiger partial charge is 0.261 e. The number of fused-ring (bicyclic) bond motifs is 1. The second-order valence-electron chi connectivity index (χ2n) is 6.45. The van der Waals surface area contributed by atoms with Gasteiger partial charge in [0.05, 0.1) is 27.9 Å². The third kappa shape index (κ3) is 3.16. The molecule has 4 rings (SSSR count). The summed E-state index contributed by atoms with van der Waals surface area (Å²) in [5, 5.41) is 0. The maximum absolute atomic E-state index is 12.6. The number of hydrogen-bond donors (Lipinski definition) is 1. The van der Waals surface area contributed by atoms with Gasteiger partial charge in [0, 0.05) is 6.07 Å². The Morgan fingerprint density at radius 1 is 1.07 bits per heavy atom. The summed E-state index contributed by atoms with van der Waals surface area (Å²) in [6.07, 6.45) is 0. The molecule has 1 atom stereocenters. The van der Waals surface area contributed by atoms with Crippen LogP contribution in [0.5, 0.6) is 11.5 Å². The van der Waals surface area contributed by atoms with Crippen molar-refractivity contribution in [3.63, 3.8) is 0 Å². The normalized spacial score (nSPS) is 20.4. The molecule has 2 aromatic carbocycles. The molecule has 1 saturated heterocycles. The van der Waals surface area contributed by atoms with Crippen LogP contribution >= 0.6 is 0 Å². The quantitative estimate of drug-likeness (QED) is 0.790. The van der Waals surface area contributed by atoms with E-state index in [-0.39, 0.29) is 23.1 Å². The van der Waals surface area contributed by atoms with Crippen LogP contribution in [0.25, 0.3) is 0 Å². The zero-order valence-corrected chi connectivity index (χ0v) is 16.3. The molecule has 28 heavy (non-hydrogen) atoms. The highest BCUT2D eigenvalue weighted by atomic mass is 32.2. The molecular formula is C17H16N2O7S2. The summed E-state index contributed by atoms with van der Waals surface area (Å²) in [6.45, 7) is 1.61. The number of nitrogens with zero attached hydrogens (tertiary/aromatic N) is 1. The van der Waals surface area contributed by atoms with Gasteiger partial charge in [0.15, 0.2) is 11.5 Å². The van der Waals surface area contributed by atoms with E-state index in [1.807, 2.05) is 0 Å². The Morgan fingerprint density at radius 2 is 1.75 bits per heavy atom. The molecule has 1 fully saturated rings. The molecule has 11 heteroatoms. The SMILES string of the molecule is CC1CS(=O)(=O)N(c2ccc(S(=O)(=O)Nc3ccc4c(c3)OCO4)cc2)C1=O. The number of benzene rings is 2. The van der Waals surface area contributed by atoms with E-state index in [1.54, 1.807) is 6.07 Å². The van der Waals surface area contributed by atoms with Gasteiger partial charge >= 0.3 is 0 Å². The van der Waals surface area contributed by atoms with Crippen molar-refractivity contribution in [2.24, 2.45) is 5.92 Å². The number of amides is 1. The second kappa shape index (κ2) is 6.38. The van der Waals surface area contributed by atoms with Crippen LogP contribution < -0.4 is 18.5 Å². The van der Waals surface area contributed by atoms with Crippen LogP contribution in [-0.2, 0) is 24.8 Å². The van der Waals surface area contributed by atoms with Gasteiger partial charge in [-0.2, -0.15) is 0 Å². The van der Waals surface area contributed by atoms with Crippen LogP contribution in [0.1, 0.15) is 6.92 Å². The third-order valence-electron chi connectivity index (χ3n) is 4.37. The average molecular weight is 424 g/mol. The lowest BCUT2D eigenvalue weighted by molar-refractivity contribution is -0.119. The van der Waals surface area contributed by atoms with Gasteiger partial charge in [-0.15, -0.1) is 0 Å². The standard InChI is InChI=1S/C17H16N2O7S2/c1-11-9-27(21,22)19(17(11)20)13-3-5-14(6-4-13)28(23,24)18-12-2-7-15-16(8-12)26-10-25-15/h2-8,11,18H,9-10H2,1H3. The maximum atomic E-state index is 12.6. The van der Waals surface area contributed by atoms with Crippen molar-refractivity contribution in [3.05, 3.63) is 42.5 Å². The number of anilines is 2. The summed E-state index contributed by atoms with van der Waals surface area (Å²) in [5.41, 5.74) is 0.399. The fourth-order valence-corrected chi connectivity index (χ4v) is 5.89. The first-order valence-electron chi connectivity index (χ1n) is 8.27. The molecule has 2 aromatic rings. The zero-order valence-electron chi connectivity index (χ0n) is 14.7. The molecular weight excluding hydrogens is 408 g/mol. The van der Waals surface area contributed by atoms with Gasteiger partial charge in [-0.1, -0.05) is 6.92 Å². The molecule has 1 amide bonds. The first kappa shape index (κ1) is 18.6. The number of nitrogens with one attached hydrogen (secondary N) is 1. The lowest BCUT2D eigenvalue weighted by atomic mass is 10.2. The summed E-state index contributed by atoms with van der Waals surface area (Å²) < 4.78 is 63.0. The summed E-state index contributed by atoms with van der Waals surface area (Å²) in [6, 6.07) is 9.71. The Labute approximate surface area is 162 Å². The van der Waals surface area contributed by atoms with E-state index >= 15 is 0 Å². The first-order valence-corrected chi connectivity index (χ1v) is 11.4. The molecule has 2 heterocycles. The van der Waals surface area contributed by atoms with Crippen molar-refractivity contribution < 1.29 is 31.1 Å². The van der Waals surface area contributed by atoms with Gasteiger partial charge in [0.1, 0.15) is 0 Å². The number of sulfonamides is 2. The molecule has 1 N–H and O–H groups in total. The second-order valence-corrected chi connectivity index (χ2v) is 9.99. The highest BCUT2D eigenvalue weighted by molar-refractivity contribution is 7.94. The number of ether oxygens (including phenoxy) is 2. The van der Waals surface area contributed by atoms with Crippen molar-refractivity contribution in [1.82, 2.24) is 0 Å². The number of carbonyl (C=O) groups excluding carboxylic acids is 1. The van der Waals surface area contributed by atoms with E-state index in [9.17, 15) is 21.6 Å². The van der Waals surface area contributed by atoms with Crippen LogP contribution in [0.4, 0.5) is 11.4 Å². The van der Waals surface area contributed by atoms with Crippen molar-refractivity contribution >= 4 is 37.3 Å². The van der Waals surface area contributed by atoms with Crippen LogP contribution in [0.15, 0.2) is 47.4 Å². The number of hydrogen-bond acceptors (Lipinski definition) is 7.